The number of carboxylic acid groups (broad SMARTS) is 2. The molecular formula is C37H58N10O10S. The quantitative estimate of drug-likeness (QED) is 0.0237. The molecule has 6 amide bonds. The average Bonchev–Trinajstić information content (AvgIpc) is 3.66. The SMILES string of the molecule is CC(C)C[C@H](NC(=O)[C@H](C)NC(=O)[C@H](CCC(=O)O)NC(=O)[C@@H]1CCCN1C(=O)[C@H](CS)NC(=O)[C@H](CCCNC(=N)N)NC(=O)[C@@H](N)Cc1ccccc1)C(=O)O. The first-order valence-corrected chi connectivity index (χ1v) is 19.7. The zero-order chi connectivity index (χ0) is 43.5. The largest absolute Gasteiger partial charge is 0.481 e. The van der Waals surface area contributed by atoms with Crippen molar-refractivity contribution < 1.29 is 48.6 Å². The van der Waals surface area contributed by atoms with Gasteiger partial charge < -0.3 is 58.5 Å². The number of nitrogens with one attached hydrogen (secondary N) is 7. The molecular weight excluding hydrogens is 777 g/mol. The van der Waals surface area contributed by atoms with Crippen LogP contribution in [0.3, 0.4) is 0 Å². The van der Waals surface area contributed by atoms with Crippen LogP contribution in [-0.4, -0.2) is 130 Å². The highest BCUT2D eigenvalue weighted by Crippen LogP contribution is 2.20. The first-order chi connectivity index (χ1) is 27.3. The summed E-state index contributed by atoms with van der Waals surface area (Å²) >= 11 is 4.27. The summed E-state index contributed by atoms with van der Waals surface area (Å²) in [5.41, 5.74) is 12.3. The molecule has 13 N–H and O–H groups in total. The van der Waals surface area contributed by atoms with E-state index < -0.39 is 96.1 Å². The van der Waals surface area contributed by atoms with Crippen LogP contribution in [-0.2, 0) is 44.8 Å². The van der Waals surface area contributed by atoms with Gasteiger partial charge in [-0.25, -0.2) is 4.79 Å². The molecule has 0 bridgehead atoms. The maximum absolute atomic E-state index is 13.9. The lowest BCUT2D eigenvalue weighted by molar-refractivity contribution is -0.143. The minimum atomic E-state index is -1.45. The van der Waals surface area contributed by atoms with Crippen molar-refractivity contribution in [3.63, 3.8) is 0 Å². The van der Waals surface area contributed by atoms with E-state index in [9.17, 15) is 48.6 Å². The molecule has 322 valence electrons. The van der Waals surface area contributed by atoms with Crippen molar-refractivity contribution in [1.29, 1.82) is 5.41 Å². The molecule has 1 aliphatic heterocycles. The van der Waals surface area contributed by atoms with Gasteiger partial charge in [-0.05, 0) is 63.4 Å². The Morgan fingerprint density at radius 3 is 2.03 bits per heavy atom. The number of hydrogen-bond donors (Lipinski definition) is 12. The number of guanidine groups is 1. The number of aliphatic carboxylic acids is 2. The van der Waals surface area contributed by atoms with Gasteiger partial charge in [0.25, 0.3) is 0 Å². The number of nitrogens with zero attached hydrogens (tertiary/aromatic N) is 1. The smallest absolute Gasteiger partial charge is 0.326 e. The summed E-state index contributed by atoms with van der Waals surface area (Å²) in [7, 11) is 0. The standard InChI is InChI=1S/C37H58N10O10S/c1-20(2)17-26(36(56)57)45-30(50)21(3)42-32(52)25(13-14-29(48)49)44-34(54)28-12-8-16-47(28)35(55)27(19-58)46-33(53)24(11-7-15-41-37(39)40)43-31(51)23(38)18-22-9-5-4-6-10-22/h4-6,9-10,20-21,23-28,58H,7-8,11-19,38H2,1-3H3,(H,42,52)(H,43,51)(H,44,54)(H,45,50)(H,46,53)(H,48,49)(H,56,57)(H4,39,40,41)/t21-,23-,24-,25-,26-,27-,28-/m0/s1. The van der Waals surface area contributed by atoms with Gasteiger partial charge in [0.05, 0.1) is 6.04 Å². The Kier molecular flexibility index (Phi) is 20.5. The summed E-state index contributed by atoms with van der Waals surface area (Å²) in [5.74, 6) is -7.55. The summed E-state index contributed by atoms with van der Waals surface area (Å²) in [6, 6.07) is 0.587. The zero-order valence-electron chi connectivity index (χ0n) is 33.0. The number of carboxylic acids is 2. The average molecular weight is 835 g/mol. The highest BCUT2D eigenvalue weighted by Gasteiger charge is 2.39. The van der Waals surface area contributed by atoms with Crippen LogP contribution >= 0.6 is 12.6 Å². The van der Waals surface area contributed by atoms with E-state index in [0.29, 0.717) is 12.8 Å². The van der Waals surface area contributed by atoms with Crippen molar-refractivity contribution in [3.05, 3.63) is 35.9 Å². The number of likely N-dealkylation sites (tertiary alicyclic amines) is 1. The molecule has 0 unspecified atom stereocenters. The minimum Gasteiger partial charge on any atom is -0.481 e. The lowest BCUT2D eigenvalue weighted by Gasteiger charge is -2.30. The Morgan fingerprint density at radius 1 is 0.845 bits per heavy atom. The summed E-state index contributed by atoms with van der Waals surface area (Å²) in [5, 5.41) is 41.3. The van der Waals surface area contributed by atoms with Crippen molar-refractivity contribution in [2.24, 2.45) is 17.4 Å². The minimum absolute atomic E-state index is 0.0604. The number of nitrogens with two attached hydrogens (primary N) is 2. The maximum atomic E-state index is 13.9. The molecule has 1 fully saturated rings. The molecule has 0 spiro atoms. The summed E-state index contributed by atoms with van der Waals surface area (Å²) in [6.07, 6.45) is 0.349. The second kappa shape index (κ2) is 24.4. The molecule has 20 nitrogen and oxygen atoms in total. The molecule has 1 saturated heterocycles. The van der Waals surface area contributed by atoms with E-state index in [2.05, 4.69) is 44.5 Å². The van der Waals surface area contributed by atoms with Crippen molar-refractivity contribution in [1.82, 2.24) is 36.8 Å². The Morgan fingerprint density at radius 2 is 1.45 bits per heavy atom. The van der Waals surface area contributed by atoms with Crippen molar-refractivity contribution in [3.8, 4) is 0 Å². The molecule has 1 aromatic rings. The first kappa shape index (κ1) is 48.7. The molecule has 21 heteroatoms. The highest BCUT2D eigenvalue weighted by atomic mass is 32.1. The summed E-state index contributed by atoms with van der Waals surface area (Å²) in [6.45, 7) is 5.18. The fourth-order valence-electron chi connectivity index (χ4n) is 6.17. The second-order valence-electron chi connectivity index (χ2n) is 14.5. The van der Waals surface area contributed by atoms with Gasteiger partial charge in [-0.1, -0.05) is 44.2 Å². The van der Waals surface area contributed by atoms with E-state index in [1.807, 2.05) is 6.07 Å². The van der Waals surface area contributed by atoms with Crippen LogP contribution in [0.4, 0.5) is 0 Å². The van der Waals surface area contributed by atoms with Gasteiger partial charge in [-0.3, -0.25) is 39.0 Å². The monoisotopic (exact) mass is 834 g/mol. The van der Waals surface area contributed by atoms with Crippen LogP contribution in [0.2, 0.25) is 0 Å². The van der Waals surface area contributed by atoms with Crippen LogP contribution < -0.4 is 43.4 Å². The molecule has 2 rings (SSSR count). The van der Waals surface area contributed by atoms with Crippen LogP contribution in [0.5, 0.6) is 0 Å². The van der Waals surface area contributed by atoms with Crippen molar-refractivity contribution >= 4 is 66.0 Å². The Bertz CT molecular complexity index is 1620. The van der Waals surface area contributed by atoms with Gasteiger partial charge in [-0.15, -0.1) is 0 Å². The topological polar surface area (TPSA) is 328 Å². The third-order valence-corrected chi connectivity index (χ3v) is 9.61. The van der Waals surface area contributed by atoms with Gasteiger partial charge in [0.15, 0.2) is 5.96 Å². The Balaban J connectivity index is 2.17. The molecule has 58 heavy (non-hydrogen) atoms. The number of benzene rings is 1. The van der Waals surface area contributed by atoms with Gasteiger partial charge in [-0.2, -0.15) is 12.6 Å². The Labute approximate surface area is 342 Å². The number of rotatable bonds is 24. The van der Waals surface area contributed by atoms with Crippen molar-refractivity contribution in [2.45, 2.75) is 114 Å². The van der Waals surface area contributed by atoms with E-state index in [1.54, 1.807) is 38.1 Å². The molecule has 1 aliphatic rings. The number of carbonyl (C=O) groups excluding carboxylic acids is 6. The maximum Gasteiger partial charge on any atom is 0.326 e. The fourth-order valence-corrected chi connectivity index (χ4v) is 6.42. The zero-order valence-corrected chi connectivity index (χ0v) is 33.9. The van der Waals surface area contributed by atoms with Gasteiger partial charge in [0.2, 0.25) is 35.4 Å². The molecule has 7 atom stereocenters. The van der Waals surface area contributed by atoms with Gasteiger partial charge in [0.1, 0.15) is 36.3 Å². The van der Waals surface area contributed by atoms with Crippen LogP contribution in [0.15, 0.2) is 30.3 Å². The second-order valence-corrected chi connectivity index (χ2v) is 14.9. The normalized spacial score (nSPS) is 16.7. The number of thiol groups is 1. The summed E-state index contributed by atoms with van der Waals surface area (Å²) < 4.78 is 0. The number of hydrogen-bond acceptors (Lipinski definition) is 11. The Hall–Kier alpha value is -5.44. The van der Waals surface area contributed by atoms with E-state index in [1.165, 1.54) is 11.8 Å². The van der Waals surface area contributed by atoms with Crippen LogP contribution in [0, 0.1) is 11.3 Å². The predicted octanol–water partition coefficient (Wildman–Crippen LogP) is -1.82. The van der Waals surface area contributed by atoms with E-state index in [0.717, 1.165) is 5.56 Å². The van der Waals surface area contributed by atoms with E-state index >= 15 is 0 Å². The molecule has 0 radical (unpaired) electrons. The van der Waals surface area contributed by atoms with E-state index in [-0.39, 0.29) is 62.8 Å². The number of carbonyl (C=O) groups is 8. The lowest BCUT2D eigenvalue weighted by Crippen LogP contribution is -2.59. The molecule has 0 aliphatic carbocycles. The predicted molar refractivity (Wildman–Crippen MR) is 215 cm³/mol. The first-order valence-electron chi connectivity index (χ1n) is 19.1. The fraction of sp³-hybridized carbons (Fsp3) is 0.595. The molecule has 0 saturated carbocycles. The van der Waals surface area contributed by atoms with Gasteiger partial charge in [0, 0.05) is 25.3 Å². The summed E-state index contributed by atoms with van der Waals surface area (Å²) in [4.78, 5) is 105. The van der Waals surface area contributed by atoms with Crippen LogP contribution in [0.1, 0.15) is 71.3 Å². The van der Waals surface area contributed by atoms with E-state index in [4.69, 9.17) is 16.9 Å². The van der Waals surface area contributed by atoms with Crippen molar-refractivity contribution in [2.75, 3.05) is 18.8 Å². The lowest BCUT2D eigenvalue weighted by atomic mass is 10.0. The third kappa shape index (κ3) is 16.6. The molecule has 1 heterocycles. The molecule has 1 aromatic carbocycles. The van der Waals surface area contributed by atoms with Gasteiger partial charge >= 0.3 is 11.9 Å². The highest BCUT2D eigenvalue weighted by molar-refractivity contribution is 7.80. The molecule has 0 aromatic heterocycles. The third-order valence-electron chi connectivity index (χ3n) is 9.24. The number of amides is 6. The van der Waals surface area contributed by atoms with Crippen LogP contribution in [0.25, 0.3) is 0 Å².